The van der Waals surface area contributed by atoms with E-state index in [2.05, 4.69) is 5.32 Å². The molecule has 0 fully saturated rings. The summed E-state index contributed by atoms with van der Waals surface area (Å²) >= 11 is 0. The van der Waals surface area contributed by atoms with Crippen LogP contribution in [-0.2, 0) is 6.42 Å². The summed E-state index contributed by atoms with van der Waals surface area (Å²) in [6.45, 7) is 0.636. The Morgan fingerprint density at radius 3 is 2.78 bits per heavy atom. The predicted molar refractivity (Wildman–Crippen MR) is 67.7 cm³/mol. The molecule has 0 bridgehead atoms. The summed E-state index contributed by atoms with van der Waals surface area (Å²) in [4.78, 5) is 0. The van der Waals surface area contributed by atoms with E-state index < -0.39 is 0 Å². The molecule has 0 radical (unpaired) electrons. The largest absolute Gasteiger partial charge is 0.384 e. The maximum atomic E-state index is 13.7. The molecule has 1 heterocycles. The predicted octanol–water partition coefficient (Wildman–Crippen LogP) is 3.72. The molecular weight excluding hydrogens is 232 g/mol. The van der Waals surface area contributed by atoms with Gasteiger partial charge in [-0.25, -0.2) is 8.78 Å². The second-order valence-electron chi connectivity index (χ2n) is 4.60. The molecule has 0 spiro atoms. The summed E-state index contributed by atoms with van der Waals surface area (Å²) in [7, 11) is 0. The van der Waals surface area contributed by atoms with Crippen molar-refractivity contribution < 1.29 is 8.78 Å². The fourth-order valence-electron chi connectivity index (χ4n) is 2.49. The molecule has 3 heteroatoms. The third-order valence-corrected chi connectivity index (χ3v) is 3.42. The highest BCUT2D eigenvalue weighted by atomic mass is 19.1. The van der Waals surface area contributed by atoms with Crippen LogP contribution in [-0.4, -0.2) is 6.54 Å². The van der Waals surface area contributed by atoms with Crippen LogP contribution in [0.25, 0.3) is 0 Å². The van der Waals surface area contributed by atoms with Crippen LogP contribution < -0.4 is 5.32 Å². The van der Waals surface area contributed by atoms with Crippen molar-refractivity contribution in [2.24, 2.45) is 0 Å². The normalized spacial score (nSPS) is 18.0. The second kappa shape index (κ2) is 4.41. The molecule has 3 rings (SSSR count). The van der Waals surface area contributed by atoms with Crippen molar-refractivity contribution in [3.63, 3.8) is 0 Å². The zero-order valence-corrected chi connectivity index (χ0v) is 9.79. The minimum Gasteiger partial charge on any atom is -0.384 e. The number of halogens is 2. The first-order valence-corrected chi connectivity index (χ1v) is 6.01. The Balaban J connectivity index is 1.94. The van der Waals surface area contributed by atoms with Crippen molar-refractivity contribution in [3.05, 3.63) is 65.2 Å². The van der Waals surface area contributed by atoms with E-state index in [-0.39, 0.29) is 17.6 Å². The summed E-state index contributed by atoms with van der Waals surface area (Å²) in [5, 5.41) is 3.27. The second-order valence-corrected chi connectivity index (χ2v) is 4.60. The summed E-state index contributed by atoms with van der Waals surface area (Å²) in [5.74, 6) is -0.733. The van der Waals surface area contributed by atoms with Gasteiger partial charge in [0.1, 0.15) is 11.6 Å². The van der Waals surface area contributed by atoms with E-state index in [9.17, 15) is 8.78 Å². The van der Waals surface area contributed by atoms with Crippen molar-refractivity contribution in [2.75, 3.05) is 11.9 Å². The number of anilines is 1. The first-order valence-electron chi connectivity index (χ1n) is 6.01. The van der Waals surface area contributed by atoms with Crippen molar-refractivity contribution in [1.82, 2.24) is 0 Å². The van der Waals surface area contributed by atoms with Crippen LogP contribution in [0.2, 0.25) is 0 Å². The van der Waals surface area contributed by atoms with E-state index in [0.717, 1.165) is 23.7 Å². The molecule has 1 nitrogen and oxygen atoms in total. The molecule has 2 aromatic carbocycles. The number of hydrogen-bond acceptors (Lipinski definition) is 1. The number of nitrogens with one attached hydrogen (secondary N) is 1. The Kier molecular flexibility index (Phi) is 2.74. The smallest absolute Gasteiger partial charge is 0.126 e. The van der Waals surface area contributed by atoms with Gasteiger partial charge < -0.3 is 5.32 Å². The Morgan fingerprint density at radius 1 is 1.06 bits per heavy atom. The van der Waals surface area contributed by atoms with E-state index in [4.69, 9.17) is 0 Å². The van der Waals surface area contributed by atoms with Gasteiger partial charge in [-0.3, -0.25) is 0 Å². The van der Waals surface area contributed by atoms with Gasteiger partial charge in [0.05, 0.1) is 0 Å². The van der Waals surface area contributed by atoms with Crippen LogP contribution in [0.3, 0.4) is 0 Å². The number of para-hydroxylation sites is 1. The quantitative estimate of drug-likeness (QED) is 0.807. The molecule has 1 atom stereocenters. The standard InChI is InChI=1S/C15H13F2N/c16-12-5-6-14(17)13(8-12)11-7-10-3-1-2-4-15(10)18-9-11/h1-6,8,11,18H,7,9H2. The zero-order chi connectivity index (χ0) is 12.5. The van der Waals surface area contributed by atoms with Gasteiger partial charge in [-0.2, -0.15) is 0 Å². The molecule has 1 aliphatic heterocycles. The Morgan fingerprint density at radius 2 is 1.89 bits per heavy atom. The molecule has 1 aliphatic rings. The van der Waals surface area contributed by atoms with Crippen molar-refractivity contribution >= 4 is 5.69 Å². The van der Waals surface area contributed by atoms with Crippen LogP contribution in [0.15, 0.2) is 42.5 Å². The lowest BCUT2D eigenvalue weighted by Crippen LogP contribution is -2.22. The van der Waals surface area contributed by atoms with E-state index in [0.29, 0.717) is 12.1 Å². The van der Waals surface area contributed by atoms with Crippen LogP contribution in [0.1, 0.15) is 17.0 Å². The number of hydrogen-bond donors (Lipinski definition) is 1. The molecule has 0 amide bonds. The van der Waals surface area contributed by atoms with Crippen LogP contribution >= 0.6 is 0 Å². The fourth-order valence-corrected chi connectivity index (χ4v) is 2.49. The van der Waals surface area contributed by atoms with Crippen molar-refractivity contribution in [2.45, 2.75) is 12.3 Å². The van der Waals surface area contributed by atoms with Gasteiger partial charge in [0.25, 0.3) is 0 Å². The molecular formula is C15H13F2N. The first-order chi connectivity index (χ1) is 8.74. The number of benzene rings is 2. The minimum atomic E-state index is -0.384. The lowest BCUT2D eigenvalue weighted by molar-refractivity contribution is 0.558. The highest BCUT2D eigenvalue weighted by molar-refractivity contribution is 5.54. The van der Waals surface area contributed by atoms with Crippen LogP contribution in [0, 0.1) is 11.6 Å². The highest BCUT2D eigenvalue weighted by Gasteiger charge is 2.22. The van der Waals surface area contributed by atoms with Crippen molar-refractivity contribution in [1.29, 1.82) is 0 Å². The van der Waals surface area contributed by atoms with Gasteiger partial charge in [0, 0.05) is 18.2 Å². The maximum Gasteiger partial charge on any atom is 0.126 e. The Bertz CT molecular complexity index is 580. The Labute approximate surface area is 104 Å². The van der Waals surface area contributed by atoms with E-state index in [1.165, 1.54) is 12.1 Å². The summed E-state index contributed by atoms with van der Waals surface area (Å²) in [5.41, 5.74) is 2.69. The molecule has 0 aromatic heterocycles. The van der Waals surface area contributed by atoms with Crippen molar-refractivity contribution in [3.8, 4) is 0 Å². The van der Waals surface area contributed by atoms with Gasteiger partial charge in [0.2, 0.25) is 0 Å². The van der Waals surface area contributed by atoms with E-state index in [1.54, 1.807) is 0 Å². The molecule has 2 aromatic rings. The highest BCUT2D eigenvalue weighted by Crippen LogP contribution is 2.31. The van der Waals surface area contributed by atoms with Gasteiger partial charge in [0.15, 0.2) is 0 Å². The third-order valence-electron chi connectivity index (χ3n) is 3.42. The van der Waals surface area contributed by atoms with Gasteiger partial charge in [-0.05, 0) is 41.8 Å². The number of rotatable bonds is 1. The molecule has 0 aliphatic carbocycles. The zero-order valence-electron chi connectivity index (χ0n) is 9.79. The molecule has 92 valence electrons. The van der Waals surface area contributed by atoms with E-state index in [1.807, 2.05) is 24.3 Å². The van der Waals surface area contributed by atoms with E-state index >= 15 is 0 Å². The maximum absolute atomic E-state index is 13.7. The fraction of sp³-hybridized carbons (Fsp3) is 0.200. The average molecular weight is 245 g/mol. The minimum absolute atomic E-state index is 0.0180. The molecule has 18 heavy (non-hydrogen) atoms. The van der Waals surface area contributed by atoms with Crippen LogP contribution in [0.4, 0.5) is 14.5 Å². The molecule has 1 unspecified atom stereocenters. The lowest BCUT2D eigenvalue weighted by Gasteiger charge is -2.26. The monoisotopic (exact) mass is 245 g/mol. The molecule has 0 saturated carbocycles. The van der Waals surface area contributed by atoms with Crippen LogP contribution in [0.5, 0.6) is 0 Å². The summed E-state index contributed by atoms with van der Waals surface area (Å²) in [6, 6.07) is 11.6. The topological polar surface area (TPSA) is 12.0 Å². The number of fused-ring (bicyclic) bond motifs is 1. The SMILES string of the molecule is Fc1ccc(F)c(C2CNc3ccccc3C2)c1. The van der Waals surface area contributed by atoms with Gasteiger partial charge in [-0.15, -0.1) is 0 Å². The first kappa shape index (κ1) is 11.2. The summed E-state index contributed by atoms with van der Waals surface area (Å²) < 4.78 is 26.9. The van der Waals surface area contributed by atoms with Gasteiger partial charge >= 0.3 is 0 Å². The van der Waals surface area contributed by atoms with Gasteiger partial charge in [-0.1, -0.05) is 18.2 Å². The average Bonchev–Trinajstić information content (AvgIpc) is 2.41. The Hall–Kier alpha value is -1.90. The molecule has 1 N–H and O–H groups in total. The lowest BCUT2D eigenvalue weighted by atomic mass is 9.88. The molecule has 0 saturated heterocycles. The third kappa shape index (κ3) is 1.96. The summed E-state index contributed by atoms with van der Waals surface area (Å²) in [6.07, 6.45) is 0.740.